The molecule has 0 unspecified atom stereocenters. The smallest absolute Gasteiger partial charge is 0.261 e. The number of fused-ring (bicyclic) bond motifs is 1. The Hall–Kier alpha value is -2.06. The number of sulfonamides is 1. The van der Waals surface area contributed by atoms with Crippen LogP contribution in [0, 0.1) is 0 Å². The lowest BCUT2D eigenvalue weighted by atomic mass is 9.97. The van der Waals surface area contributed by atoms with Crippen molar-refractivity contribution in [3.05, 3.63) is 46.8 Å². The fourth-order valence-corrected chi connectivity index (χ4v) is 4.11. The molecule has 3 rings (SSSR count). The van der Waals surface area contributed by atoms with Crippen LogP contribution < -0.4 is 9.46 Å². The van der Waals surface area contributed by atoms with Gasteiger partial charge in [0.25, 0.3) is 10.0 Å². The van der Waals surface area contributed by atoms with Crippen LogP contribution in [0.4, 0.5) is 5.69 Å². The Balaban J connectivity index is 1.93. The first-order chi connectivity index (χ1) is 12.1. The maximum atomic E-state index is 12.6. The third-order valence-electron chi connectivity index (χ3n) is 3.71. The first-order valence-electron chi connectivity index (χ1n) is 7.87. The van der Waals surface area contributed by atoms with E-state index in [-0.39, 0.29) is 10.3 Å². The van der Waals surface area contributed by atoms with Gasteiger partial charge in [0.05, 0.1) is 22.2 Å². The number of ether oxygens (including phenoxy) is 1. The predicted molar refractivity (Wildman–Crippen MR) is 104 cm³/mol. The Kier molecular flexibility index (Phi) is 4.74. The topological polar surface area (TPSA) is 81.4 Å². The fourth-order valence-electron chi connectivity index (χ4n) is 2.34. The molecule has 2 aromatic carbocycles. The number of methoxy groups -OCH3 is 1. The molecular formula is C18H19BrN2O4S. The van der Waals surface area contributed by atoms with Crippen LogP contribution in [0.1, 0.15) is 26.7 Å². The summed E-state index contributed by atoms with van der Waals surface area (Å²) < 4.78 is 39.3. The summed E-state index contributed by atoms with van der Waals surface area (Å²) in [6, 6.07) is 9.58. The van der Waals surface area contributed by atoms with Crippen molar-refractivity contribution in [1.82, 2.24) is 4.98 Å². The molecule has 0 saturated carbocycles. The molecule has 0 aliphatic rings. The van der Waals surface area contributed by atoms with Crippen LogP contribution in [0.2, 0.25) is 0 Å². The molecule has 8 heteroatoms. The Morgan fingerprint density at radius 2 is 1.88 bits per heavy atom. The third-order valence-corrected chi connectivity index (χ3v) is 5.71. The number of anilines is 1. The summed E-state index contributed by atoms with van der Waals surface area (Å²) in [6.07, 6.45) is 0. The number of aromatic nitrogens is 1. The molecule has 3 aromatic rings. The standard InChI is InChI=1S/C18H19BrN2O4S/c1-18(2,3)17-20-14-9-11(5-7-16(14)25-17)21-26(22,23)12-6-8-15(24-4)13(19)10-12/h5-10,21H,1-4H3. The number of hydrogen-bond donors (Lipinski definition) is 1. The van der Waals surface area contributed by atoms with E-state index in [1.54, 1.807) is 24.3 Å². The van der Waals surface area contributed by atoms with Crippen LogP contribution in [0.3, 0.4) is 0 Å². The zero-order valence-electron chi connectivity index (χ0n) is 14.8. The van der Waals surface area contributed by atoms with E-state index in [9.17, 15) is 8.42 Å². The van der Waals surface area contributed by atoms with E-state index in [0.717, 1.165) is 0 Å². The van der Waals surface area contributed by atoms with Gasteiger partial charge in [-0.25, -0.2) is 13.4 Å². The minimum absolute atomic E-state index is 0.126. The number of nitrogens with zero attached hydrogens (tertiary/aromatic N) is 1. The molecule has 0 aliphatic heterocycles. The number of rotatable bonds is 4. The Morgan fingerprint density at radius 1 is 1.15 bits per heavy atom. The first kappa shape index (κ1) is 18.7. The zero-order chi connectivity index (χ0) is 19.1. The van der Waals surface area contributed by atoms with Gasteiger partial charge in [0, 0.05) is 5.41 Å². The molecule has 6 nitrogen and oxygen atoms in total. The van der Waals surface area contributed by atoms with Gasteiger partial charge in [0.1, 0.15) is 11.3 Å². The maximum Gasteiger partial charge on any atom is 0.261 e. The van der Waals surface area contributed by atoms with E-state index in [2.05, 4.69) is 25.6 Å². The molecule has 0 atom stereocenters. The Bertz CT molecular complexity index is 1070. The van der Waals surface area contributed by atoms with Crippen molar-refractivity contribution in [3.63, 3.8) is 0 Å². The molecule has 1 aromatic heterocycles. The summed E-state index contributed by atoms with van der Waals surface area (Å²) in [5, 5.41) is 0. The van der Waals surface area contributed by atoms with Crippen LogP contribution >= 0.6 is 15.9 Å². The average molecular weight is 439 g/mol. The Labute approximate surface area is 160 Å². The van der Waals surface area contributed by atoms with Crippen molar-refractivity contribution in [2.45, 2.75) is 31.1 Å². The second kappa shape index (κ2) is 6.59. The highest BCUT2D eigenvalue weighted by Crippen LogP contribution is 2.30. The van der Waals surface area contributed by atoms with E-state index >= 15 is 0 Å². The largest absolute Gasteiger partial charge is 0.496 e. The number of benzene rings is 2. The summed E-state index contributed by atoms with van der Waals surface area (Å²) in [6.45, 7) is 6.01. The monoisotopic (exact) mass is 438 g/mol. The van der Waals surface area contributed by atoms with Gasteiger partial charge in [-0.05, 0) is 52.3 Å². The number of oxazole rings is 1. The van der Waals surface area contributed by atoms with Gasteiger partial charge < -0.3 is 9.15 Å². The SMILES string of the molecule is COc1ccc(S(=O)(=O)Nc2ccc3oc(C(C)(C)C)nc3c2)cc1Br. The van der Waals surface area contributed by atoms with Crippen LogP contribution in [-0.2, 0) is 15.4 Å². The molecule has 0 bridgehead atoms. The summed E-state index contributed by atoms with van der Waals surface area (Å²) in [5.41, 5.74) is 1.41. The van der Waals surface area contributed by atoms with Gasteiger partial charge in [-0.15, -0.1) is 0 Å². The van der Waals surface area contributed by atoms with Crippen molar-refractivity contribution in [1.29, 1.82) is 0 Å². The van der Waals surface area contributed by atoms with Gasteiger partial charge >= 0.3 is 0 Å². The van der Waals surface area contributed by atoms with Crippen molar-refractivity contribution in [2.75, 3.05) is 11.8 Å². The minimum Gasteiger partial charge on any atom is -0.496 e. The van der Waals surface area contributed by atoms with E-state index in [4.69, 9.17) is 9.15 Å². The van der Waals surface area contributed by atoms with E-state index in [0.29, 0.717) is 32.9 Å². The average Bonchev–Trinajstić information content (AvgIpc) is 2.98. The lowest BCUT2D eigenvalue weighted by Crippen LogP contribution is -2.13. The molecule has 0 saturated heterocycles. The fraction of sp³-hybridized carbons (Fsp3) is 0.278. The predicted octanol–water partition coefficient (Wildman–Crippen LogP) is 4.70. The quantitative estimate of drug-likeness (QED) is 0.638. The molecule has 138 valence electrons. The van der Waals surface area contributed by atoms with Gasteiger partial charge in [-0.3, -0.25) is 4.72 Å². The minimum atomic E-state index is -3.75. The molecule has 0 spiro atoms. The van der Waals surface area contributed by atoms with Crippen LogP contribution in [0.25, 0.3) is 11.1 Å². The van der Waals surface area contributed by atoms with E-state index < -0.39 is 10.0 Å². The lowest BCUT2D eigenvalue weighted by Gasteiger charge is -2.11. The molecule has 0 aliphatic carbocycles. The number of hydrogen-bond acceptors (Lipinski definition) is 5. The number of halogens is 1. The molecule has 0 amide bonds. The van der Waals surface area contributed by atoms with Crippen molar-refractivity contribution in [2.24, 2.45) is 0 Å². The zero-order valence-corrected chi connectivity index (χ0v) is 17.2. The lowest BCUT2D eigenvalue weighted by molar-refractivity contribution is 0.411. The molecule has 0 fully saturated rings. The van der Waals surface area contributed by atoms with Gasteiger partial charge in [0.2, 0.25) is 5.89 Å². The van der Waals surface area contributed by atoms with Crippen LogP contribution in [0.5, 0.6) is 5.75 Å². The van der Waals surface area contributed by atoms with Crippen LogP contribution in [-0.4, -0.2) is 20.5 Å². The second-order valence-electron chi connectivity index (χ2n) is 6.85. The summed E-state index contributed by atoms with van der Waals surface area (Å²) in [5.74, 6) is 1.16. The molecule has 1 N–H and O–H groups in total. The second-order valence-corrected chi connectivity index (χ2v) is 9.39. The van der Waals surface area contributed by atoms with Crippen LogP contribution in [0.15, 0.2) is 50.2 Å². The molecule has 0 radical (unpaired) electrons. The van der Waals surface area contributed by atoms with Crippen molar-refractivity contribution >= 4 is 42.7 Å². The highest BCUT2D eigenvalue weighted by Gasteiger charge is 2.22. The number of nitrogens with one attached hydrogen (secondary N) is 1. The van der Waals surface area contributed by atoms with Gasteiger partial charge in [-0.2, -0.15) is 0 Å². The third kappa shape index (κ3) is 3.71. The molecule has 1 heterocycles. The molecular weight excluding hydrogens is 420 g/mol. The maximum absolute atomic E-state index is 12.6. The van der Waals surface area contributed by atoms with Crippen molar-refractivity contribution in [3.8, 4) is 5.75 Å². The Morgan fingerprint density at radius 3 is 2.50 bits per heavy atom. The summed E-state index contributed by atoms with van der Waals surface area (Å²) in [7, 11) is -2.23. The van der Waals surface area contributed by atoms with Gasteiger partial charge in [0.15, 0.2) is 5.58 Å². The van der Waals surface area contributed by atoms with E-state index in [1.165, 1.54) is 19.2 Å². The first-order valence-corrected chi connectivity index (χ1v) is 10.2. The highest BCUT2D eigenvalue weighted by atomic mass is 79.9. The summed E-state index contributed by atoms with van der Waals surface area (Å²) in [4.78, 5) is 4.58. The summed E-state index contributed by atoms with van der Waals surface area (Å²) >= 11 is 3.30. The normalized spacial score (nSPS) is 12.3. The van der Waals surface area contributed by atoms with E-state index in [1.807, 2.05) is 20.8 Å². The van der Waals surface area contributed by atoms with Crippen molar-refractivity contribution < 1.29 is 17.6 Å². The highest BCUT2D eigenvalue weighted by molar-refractivity contribution is 9.10. The molecule has 26 heavy (non-hydrogen) atoms. The van der Waals surface area contributed by atoms with Gasteiger partial charge in [-0.1, -0.05) is 20.8 Å².